The fourth-order valence-corrected chi connectivity index (χ4v) is 2.18. The van der Waals surface area contributed by atoms with Gasteiger partial charge in [0.25, 0.3) is 5.91 Å². The number of aromatic nitrogens is 1. The van der Waals surface area contributed by atoms with Crippen LogP contribution in [0.1, 0.15) is 31.4 Å². The summed E-state index contributed by atoms with van der Waals surface area (Å²) in [7, 11) is 1.74. The Morgan fingerprint density at radius 1 is 1.44 bits per heavy atom. The van der Waals surface area contributed by atoms with E-state index in [-0.39, 0.29) is 18.6 Å². The highest BCUT2D eigenvalue weighted by Gasteiger charge is 2.18. The van der Waals surface area contributed by atoms with Gasteiger partial charge in [-0.3, -0.25) is 9.69 Å². The summed E-state index contributed by atoms with van der Waals surface area (Å²) in [5.74, 6) is 0.634. The number of ether oxygens (including phenoxy) is 1. The number of likely N-dealkylation sites (N-methyl/N-ethyl adjacent to an activating group) is 1. The van der Waals surface area contributed by atoms with Crippen LogP contribution in [0.4, 0.5) is 5.82 Å². The number of anilines is 1. The summed E-state index contributed by atoms with van der Waals surface area (Å²) in [5.41, 5.74) is 0.906. The number of nitrogens with zero attached hydrogens (tertiary/aromatic N) is 2. The Bertz CT molecular complexity index is 414. The maximum atomic E-state index is 12.0. The van der Waals surface area contributed by atoms with E-state index in [1.54, 1.807) is 11.9 Å². The van der Waals surface area contributed by atoms with Crippen LogP contribution in [0.25, 0.3) is 0 Å². The molecule has 4 nitrogen and oxygen atoms in total. The van der Waals surface area contributed by atoms with Crippen molar-refractivity contribution in [2.24, 2.45) is 0 Å². The number of carbonyl (C=O) groups is 1. The number of carbonyl (C=O) groups excluding carboxylic acids is 1. The lowest BCUT2D eigenvalue weighted by molar-refractivity contribution is -0.124. The predicted molar refractivity (Wildman–Crippen MR) is 70.6 cm³/mol. The molecule has 98 valence electrons. The van der Waals surface area contributed by atoms with Crippen LogP contribution in [0.5, 0.6) is 0 Å². The summed E-state index contributed by atoms with van der Waals surface area (Å²) in [4.78, 5) is 17.9. The standard InChI is InChI=1S/C14H20N2O2/c1-11-6-5-9-13(15-11)16(2)14(17)10-18-12-7-3-4-8-12/h5-6,9,12H,3-4,7-8,10H2,1-2H3. The van der Waals surface area contributed by atoms with E-state index in [1.165, 1.54) is 12.8 Å². The molecular formula is C14H20N2O2. The van der Waals surface area contributed by atoms with Gasteiger partial charge >= 0.3 is 0 Å². The fourth-order valence-electron chi connectivity index (χ4n) is 2.18. The summed E-state index contributed by atoms with van der Waals surface area (Å²) >= 11 is 0. The molecule has 1 aliphatic rings. The van der Waals surface area contributed by atoms with Crippen LogP contribution in [-0.2, 0) is 9.53 Å². The highest BCUT2D eigenvalue weighted by molar-refractivity contribution is 5.92. The topological polar surface area (TPSA) is 42.4 Å². The Hall–Kier alpha value is -1.42. The molecule has 0 N–H and O–H groups in total. The summed E-state index contributed by atoms with van der Waals surface area (Å²) in [5, 5.41) is 0. The second-order valence-electron chi connectivity index (χ2n) is 4.81. The average Bonchev–Trinajstić information content (AvgIpc) is 2.88. The molecule has 4 heteroatoms. The van der Waals surface area contributed by atoms with Crippen LogP contribution >= 0.6 is 0 Å². The average molecular weight is 248 g/mol. The van der Waals surface area contributed by atoms with Gasteiger partial charge in [0.15, 0.2) is 0 Å². The monoisotopic (exact) mass is 248 g/mol. The smallest absolute Gasteiger partial charge is 0.253 e. The summed E-state index contributed by atoms with van der Waals surface area (Å²) in [6, 6.07) is 5.65. The molecule has 0 bridgehead atoms. The van der Waals surface area contributed by atoms with Crippen molar-refractivity contribution in [3.8, 4) is 0 Å². The Morgan fingerprint density at radius 3 is 2.83 bits per heavy atom. The number of aryl methyl sites for hydroxylation is 1. The first-order valence-corrected chi connectivity index (χ1v) is 6.48. The molecule has 0 spiro atoms. The van der Waals surface area contributed by atoms with Crippen LogP contribution in [0.2, 0.25) is 0 Å². The first-order valence-electron chi connectivity index (χ1n) is 6.48. The number of rotatable bonds is 4. The third-order valence-electron chi connectivity index (χ3n) is 3.34. The van der Waals surface area contributed by atoms with Crippen molar-refractivity contribution in [2.45, 2.75) is 38.7 Å². The normalized spacial score (nSPS) is 15.9. The van der Waals surface area contributed by atoms with Gasteiger partial charge in [0.2, 0.25) is 0 Å². The highest BCUT2D eigenvalue weighted by Crippen LogP contribution is 2.21. The first kappa shape index (κ1) is 13.0. The first-order chi connectivity index (χ1) is 8.66. The maximum Gasteiger partial charge on any atom is 0.253 e. The van der Waals surface area contributed by atoms with Gasteiger partial charge in [-0.1, -0.05) is 18.9 Å². The van der Waals surface area contributed by atoms with Gasteiger partial charge in [-0.2, -0.15) is 0 Å². The molecule has 0 atom stereocenters. The van der Waals surface area contributed by atoms with E-state index in [0.29, 0.717) is 5.82 Å². The van der Waals surface area contributed by atoms with Gasteiger partial charge in [-0.05, 0) is 31.9 Å². The molecule has 1 saturated carbocycles. The minimum Gasteiger partial charge on any atom is -0.368 e. The van der Waals surface area contributed by atoms with Gasteiger partial charge in [-0.25, -0.2) is 4.98 Å². The summed E-state index contributed by atoms with van der Waals surface area (Å²) in [6.45, 7) is 2.06. The van der Waals surface area contributed by atoms with Crippen LogP contribution in [0.3, 0.4) is 0 Å². The predicted octanol–water partition coefficient (Wildman–Crippen LogP) is 2.31. The molecule has 0 unspecified atom stereocenters. The van der Waals surface area contributed by atoms with E-state index < -0.39 is 0 Å². The molecule has 1 aromatic heterocycles. The molecule has 1 aromatic rings. The van der Waals surface area contributed by atoms with Crippen molar-refractivity contribution in [1.82, 2.24) is 4.98 Å². The Labute approximate surface area is 108 Å². The molecule has 1 heterocycles. The lowest BCUT2D eigenvalue weighted by Crippen LogP contribution is -2.32. The van der Waals surface area contributed by atoms with Gasteiger partial charge in [0.05, 0.1) is 6.10 Å². The van der Waals surface area contributed by atoms with Gasteiger partial charge in [0.1, 0.15) is 12.4 Å². The molecule has 2 rings (SSSR count). The molecule has 0 radical (unpaired) electrons. The molecular weight excluding hydrogens is 228 g/mol. The molecule has 1 fully saturated rings. The molecule has 0 saturated heterocycles. The van der Waals surface area contributed by atoms with Crippen molar-refractivity contribution in [3.05, 3.63) is 23.9 Å². The SMILES string of the molecule is Cc1cccc(N(C)C(=O)COC2CCCC2)n1. The van der Waals surface area contributed by atoms with Crippen LogP contribution in [-0.4, -0.2) is 30.6 Å². The Kier molecular flexibility index (Phi) is 4.31. The van der Waals surface area contributed by atoms with E-state index in [2.05, 4.69) is 4.98 Å². The van der Waals surface area contributed by atoms with E-state index >= 15 is 0 Å². The molecule has 18 heavy (non-hydrogen) atoms. The van der Waals surface area contributed by atoms with Crippen molar-refractivity contribution in [1.29, 1.82) is 0 Å². The number of hydrogen-bond donors (Lipinski definition) is 0. The summed E-state index contributed by atoms with van der Waals surface area (Å²) in [6.07, 6.45) is 4.87. The van der Waals surface area contributed by atoms with E-state index in [9.17, 15) is 4.79 Å². The van der Waals surface area contributed by atoms with E-state index in [4.69, 9.17) is 4.74 Å². The van der Waals surface area contributed by atoms with Crippen molar-refractivity contribution < 1.29 is 9.53 Å². The minimum atomic E-state index is -0.0417. The van der Waals surface area contributed by atoms with E-state index in [0.717, 1.165) is 18.5 Å². The second-order valence-corrected chi connectivity index (χ2v) is 4.81. The van der Waals surface area contributed by atoms with Gasteiger partial charge < -0.3 is 4.74 Å². The van der Waals surface area contributed by atoms with Crippen molar-refractivity contribution >= 4 is 11.7 Å². The third-order valence-corrected chi connectivity index (χ3v) is 3.34. The summed E-state index contributed by atoms with van der Waals surface area (Å²) < 4.78 is 5.62. The zero-order valence-electron chi connectivity index (χ0n) is 11.1. The van der Waals surface area contributed by atoms with Crippen LogP contribution in [0, 0.1) is 6.92 Å². The lowest BCUT2D eigenvalue weighted by atomic mass is 10.3. The van der Waals surface area contributed by atoms with Crippen molar-refractivity contribution in [2.75, 3.05) is 18.6 Å². The minimum absolute atomic E-state index is 0.0417. The Balaban J connectivity index is 1.87. The largest absolute Gasteiger partial charge is 0.368 e. The van der Waals surface area contributed by atoms with Gasteiger partial charge in [0, 0.05) is 12.7 Å². The van der Waals surface area contributed by atoms with Crippen molar-refractivity contribution in [3.63, 3.8) is 0 Å². The van der Waals surface area contributed by atoms with E-state index in [1.807, 2.05) is 25.1 Å². The third kappa shape index (κ3) is 3.29. The highest BCUT2D eigenvalue weighted by atomic mass is 16.5. The molecule has 1 aliphatic carbocycles. The lowest BCUT2D eigenvalue weighted by Gasteiger charge is -2.18. The fraction of sp³-hybridized carbons (Fsp3) is 0.571. The molecule has 1 amide bonds. The number of pyridine rings is 1. The number of amides is 1. The second kappa shape index (κ2) is 5.96. The maximum absolute atomic E-state index is 12.0. The molecule has 0 aliphatic heterocycles. The Morgan fingerprint density at radius 2 is 2.17 bits per heavy atom. The van der Waals surface area contributed by atoms with Crippen LogP contribution in [0.15, 0.2) is 18.2 Å². The zero-order valence-corrected chi connectivity index (χ0v) is 11.1. The van der Waals surface area contributed by atoms with Crippen LogP contribution < -0.4 is 4.90 Å². The van der Waals surface area contributed by atoms with Gasteiger partial charge in [-0.15, -0.1) is 0 Å². The quantitative estimate of drug-likeness (QED) is 0.821. The zero-order chi connectivity index (χ0) is 13.0. The number of hydrogen-bond acceptors (Lipinski definition) is 3. The molecule has 0 aromatic carbocycles.